The van der Waals surface area contributed by atoms with Crippen molar-refractivity contribution in [1.82, 2.24) is 0 Å². The lowest BCUT2D eigenvalue weighted by Crippen LogP contribution is -2.13. The second kappa shape index (κ2) is 4.71. The van der Waals surface area contributed by atoms with Gasteiger partial charge in [-0.25, -0.2) is 4.79 Å². The zero-order valence-electron chi connectivity index (χ0n) is 8.78. The van der Waals surface area contributed by atoms with Crippen LogP contribution in [0, 0.1) is 17.0 Å². The number of aliphatic hydroxyl groups excluding tert-OH is 1. The highest BCUT2D eigenvalue weighted by Gasteiger charge is 2.24. The highest BCUT2D eigenvalue weighted by molar-refractivity contribution is 5.84. The molecule has 0 aliphatic carbocycles. The molecule has 0 radical (unpaired) electrons. The molecule has 17 heavy (non-hydrogen) atoms. The van der Waals surface area contributed by atoms with Gasteiger partial charge in [0.2, 0.25) is 0 Å². The fraction of sp³-hybridized carbons (Fsp3) is 0.200. The van der Waals surface area contributed by atoms with E-state index in [-0.39, 0.29) is 22.4 Å². The summed E-state index contributed by atoms with van der Waals surface area (Å²) >= 11 is 0. The number of rotatable bonds is 4. The number of aliphatic carboxylic acids is 1. The molecular weight excluding hydrogens is 230 g/mol. The predicted octanol–water partition coefficient (Wildman–Crippen LogP) is 0.834. The van der Waals surface area contributed by atoms with E-state index in [9.17, 15) is 24.8 Å². The Morgan fingerprint density at radius 3 is 2.53 bits per heavy atom. The topological polar surface area (TPSA) is 118 Å². The number of carbonyl (C=O) groups excluding carboxylic acids is 1. The number of nitro groups is 1. The molecule has 0 amide bonds. The zero-order chi connectivity index (χ0) is 13.2. The van der Waals surface area contributed by atoms with E-state index >= 15 is 0 Å². The second-order valence-electron chi connectivity index (χ2n) is 3.38. The third-order valence-electron chi connectivity index (χ3n) is 2.25. The summed E-state index contributed by atoms with van der Waals surface area (Å²) in [5.74, 6) is -1.58. The maximum atomic E-state index is 10.7. The van der Waals surface area contributed by atoms with Crippen molar-refractivity contribution < 1.29 is 24.7 Å². The first kappa shape index (κ1) is 12.8. The molecule has 1 aromatic rings. The standard InChI is InChI=1S/C10H9NO6/c1-5-2-6(4-12)7(9(13)10(14)15)3-8(5)11(16)17/h2-4,9,13H,1H3,(H,14,15). The third-order valence-corrected chi connectivity index (χ3v) is 2.25. The summed E-state index contributed by atoms with van der Waals surface area (Å²) in [4.78, 5) is 31.3. The molecule has 2 N–H and O–H groups in total. The smallest absolute Gasteiger partial charge is 0.337 e. The first-order valence-electron chi connectivity index (χ1n) is 4.53. The molecule has 1 unspecified atom stereocenters. The molecule has 0 bridgehead atoms. The van der Waals surface area contributed by atoms with Gasteiger partial charge in [-0.1, -0.05) is 0 Å². The van der Waals surface area contributed by atoms with Crippen LogP contribution in [-0.4, -0.2) is 27.4 Å². The second-order valence-corrected chi connectivity index (χ2v) is 3.38. The van der Waals surface area contributed by atoms with Crippen molar-refractivity contribution in [3.63, 3.8) is 0 Å². The largest absolute Gasteiger partial charge is 0.479 e. The number of hydrogen-bond acceptors (Lipinski definition) is 5. The summed E-state index contributed by atoms with van der Waals surface area (Å²) in [6, 6.07) is 2.07. The summed E-state index contributed by atoms with van der Waals surface area (Å²) in [5, 5.41) is 28.6. The number of carboxylic acid groups (broad SMARTS) is 1. The summed E-state index contributed by atoms with van der Waals surface area (Å²) in [6.07, 6.45) is -1.62. The Kier molecular flexibility index (Phi) is 3.54. The average Bonchev–Trinajstić information content (AvgIpc) is 2.26. The Bertz CT molecular complexity index is 496. The van der Waals surface area contributed by atoms with Gasteiger partial charge >= 0.3 is 5.97 Å². The fourth-order valence-corrected chi connectivity index (χ4v) is 1.40. The Labute approximate surface area is 95.5 Å². The van der Waals surface area contributed by atoms with Gasteiger partial charge in [0.05, 0.1) is 4.92 Å². The van der Waals surface area contributed by atoms with Crippen molar-refractivity contribution in [2.75, 3.05) is 0 Å². The number of aliphatic hydroxyl groups is 1. The molecule has 0 heterocycles. The van der Waals surface area contributed by atoms with Gasteiger partial charge in [-0.3, -0.25) is 14.9 Å². The molecule has 0 aliphatic rings. The molecule has 7 nitrogen and oxygen atoms in total. The Balaban J connectivity index is 3.46. The van der Waals surface area contributed by atoms with Crippen molar-refractivity contribution in [2.45, 2.75) is 13.0 Å². The van der Waals surface area contributed by atoms with E-state index in [4.69, 9.17) is 5.11 Å². The molecule has 0 fully saturated rings. The van der Waals surface area contributed by atoms with Crippen LogP contribution in [0.4, 0.5) is 5.69 Å². The summed E-state index contributed by atoms with van der Waals surface area (Å²) < 4.78 is 0. The van der Waals surface area contributed by atoms with Gasteiger partial charge < -0.3 is 10.2 Å². The Morgan fingerprint density at radius 1 is 1.53 bits per heavy atom. The number of carbonyl (C=O) groups is 2. The predicted molar refractivity (Wildman–Crippen MR) is 55.8 cm³/mol. The molecule has 7 heteroatoms. The molecule has 0 saturated carbocycles. The van der Waals surface area contributed by atoms with Crippen LogP contribution < -0.4 is 0 Å². The van der Waals surface area contributed by atoms with Gasteiger partial charge in [-0.2, -0.15) is 0 Å². The Hall–Kier alpha value is -2.28. The van der Waals surface area contributed by atoms with Gasteiger partial charge in [0.15, 0.2) is 6.10 Å². The van der Waals surface area contributed by atoms with Crippen LogP contribution in [0.1, 0.15) is 27.6 Å². The van der Waals surface area contributed by atoms with E-state index in [0.29, 0.717) is 6.29 Å². The van der Waals surface area contributed by atoms with Crippen molar-refractivity contribution in [3.05, 3.63) is 38.9 Å². The molecule has 0 saturated heterocycles. The van der Waals surface area contributed by atoms with Crippen LogP contribution >= 0.6 is 0 Å². The maximum Gasteiger partial charge on any atom is 0.337 e. The minimum absolute atomic E-state index is 0.0806. The van der Waals surface area contributed by atoms with Crippen molar-refractivity contribution in [1.29, 1.82) is 0 Å². The van der Waals surface area contributed by atoms with E-state index in [2.05, 4.69) is 0 Å². The number of aldehydes is 1. The van der Waals surface area contributed by atoms with Crippen LogP contribution in [0.2, 0.25) is 0 Å². The van der Waals surface area contributed by atoms with Crippen molar-refractivity contribution in [3.8, 4) is 0 Å². The van der Waals surface area contributed by atoms with Crippen molar-refractivity contribution in [2.24, 2.45) is 0 Å². The monoisotopic (exact) mass is 239 g/mol. The minimum atomic E-state index is -1.96. The lowest BCUT2D eigenvalue weighted by Gasteiger charge is -2.09. The minimum Gasteiger partial charge on any atom is -0.479 e. The molecule has 1 atom stereocenters. The SMILES string of the molecule is Cc1cc(C=O)c(C(O)C(=O)O)cc1[N+](=O)[O-]. The number of benzene rings is 1. The van der Waals surface area contributed by atoms with Gasteiger partial charge in [0.25, 0.3) is 5.69 Å². The average molecular weight is 239 g/mol. The summed E-state index contributed by atoms with van der Waals surface area (Å²) in [6.45, 7) is 1.42. The maximum absolute atomic E-state index is 10.7. The van der Waals surface area contributed by atoms with Gasteiger partial charge in [0.1, 0.15) is 6.29 Å². The van der Waals surface area contributed by atoms with Gasteiger partial charge in [-0.05, 0) is 13.0 Å². The fourth-order valence-electron chi connectivity index (χ4n) is 1.40. The van der Waals surface area contributed by atoms with E-state index in [1.54, 1.807) is 0 Å². The number of aryl methyl sites for hydroxylation is 1. The lowest BCUT2D eigenvalue weighted by molar-refractivity contribution is -0.385. The normalized spacial score (nSPS) is 11.9. The summed E-state index contributed by atoms with van der Waals surface area (Å²) in [7, 11) is 0. The first-order valence-corrected chi connectivity index (χ1v) is 4.53. The number of carboxylic acids is 1. The van der Waals surface area contributed by atoms with Crippen LogP contribution in [0.25, 0.3) is 0 Å². The van der Waals surface area contributed by atoms with Crippen molar-refractivity contribution >= 4 is 17.9 Å². The molecule has 0 spiro atoms. The molecule has 0 aliphatic heterocycles. The first-order chi connectivity index (χ1) is 7.88. The number of nitro benzene ring substituents is 1. The van der Waals surface area contributed by atoms with Crippen LogP contribution in [0.15, 0.2) is 12.1 Å². The zero-order valence-corrected chi connectivity index (χ0v) is 8.78. The highest BCUT2D eigenvalue weighted by Crippen LogP contribution is 2.26. The summed E-state index contributed by atoms with van der Waals surface area (Å²) in [5.41, 5.74) is -0.489. The lowest BCUT2D eigenvalue weighted by atomic mass is 9.99. The van der Waals surface area contributed by atoms with Crippen LogP contribution in [0.3, 0.4) is 0 Å². The quantitative estimate of drug-likeness (QED) is 0.456. The highest BCUT2D eigenvalue weighted by atomic mass is 16.6. The van der Waals surface area contributed by atoms with E-state index < -0.39 is 17.0 Å². The molecular formula is C10H9NO6. The Morgan fingerprint density at radius 2 is 2.12 bits per heavy atom. The molecule has 90 valence electrons. The van der Waals surface area contributed by atoms with Crippen LogP contribution in [0.5, 0.6) is 0 Å². The van der Waals surface area contributed by atoms with E-state index in [0.717, 1.165) is 6.07 Å². The van der Waals surface area contributed by atoms with E-state index in [1.807, 2.05) is 0 Å². The molecule has 1 aromatic carbocycles. The molecule has 1 rings (SSSR count). The number of hydrogen-bond donors (Lipinski definition) is 2. The number of nitrogens with zero attached hydrogens (tertiary/aromatic N) is 1. The molecule has 0 aromatic heterocycles. The van der Waals surface area contributed by atoms with Crippen LogP contribution in [-0.2, 0) is 4.79 Å². The van der Waals surface area contributed by atoms with E-state index in [1.165, 1.54) is 13.0 Å². The van der Waals surface area contributed by atoms with Gasteiger partial charge in [0, 0.05) is 22.8 Å². The third kappa shape index (κ3) is 2.45. The van der Waals surface area contributed by atoms with Gasteiger partial charge in [-0.15, -0.1) is 0 Å².